The standard InChI is InChI=1S/C23H24ClNO4/c1-4-19(26)21-20(22(27)13(2)3)16-10-9-14(23(28)29)11-18(16)25(21)12-15-7-5-6-8-17(15)24/h5-11,13,19,26H,4,12H2,1-3H3,(H,28,29). The summed E-state index contributed by atoms with van der Waals surface area (Å²) in [4.78, 5) is 24.6. The number of nitrogens with zero attached hydrogens (tertiary/aromatic N) is 1. The molecular weight excluding hydrogens is 390 g/mol. The first-order valence-corrected chi connectivity index (χ1v) is 9.99. The normalized spacial score (nSPS) is 12.5. The van der Waals surface area contributed by atoms with E-state index < -0.39 is 12.1 Å². The smallest absolute Gasteiger partial charge is 0.335 e. The van der Waals surface area contributed by atoms with Gasteiger partial charge >= 0.3 is 5.97 Å². The second-order valence-corrected chi connectivity index (χ2v) is 7.83. The predicted molar refractivity (Wildman–Crippen MR) is 114 cm³/mol. The lowest BCUT2D eigenvalue weighted by Crippen LogP contribution is -2.15. The summed E-state index contributed by atoms with van der Waals surface area (Å²) in [7, 11) is 0. The third-order valence-electron chi connectivity index (χ3n) is 5.11. The molecule has 0 saturated carbocycles. The highest BCUT2D eigenvalue weighted by Gasteiger charge is 2.28. The highest BCUT2D eigenvalue weighted by Crippen LogP contribution is 2.35. The van der Waals surface area contributed by atoms with Crippen LogP contribution in [-0.2, 0) is 6.54 Å². The Bertz CT molecular complexity index is 1080. The van der Waals surface area contributed by atoms with Crippen molar-refractivity contribution in [1.29, 1.82) is 0 Å². The van der Waals surface area contributed by atoms with Gasteiger partial charge in [-0.2, -0.15) is 0 Å². The van der Waals surface area contributed by atoms with Gasteiger partial charge in [0.05, 0.1) is 22.9 Å². The lowest BCUT2D eigenvalue weighted by molar-refractivity contribution is 0.0696. The van der Waals surface area contributed by atoms with Crippen LogP contribution in [0.3, 0.4) is 0 Å². The van der Waals surface area contributed by atoms with E-state index >= 15 is 0 Å². The van der Waals surface area contributed by atoms with Crippen LogP contribution in [0.2, 0.25) is 5.02 Å². The zero-order chi connectivity index (χ0) is 21.3. The first-order valence-electron chi connectivity index (χ1n) is 9.61. The molecule has 0 fully saturated rings. The van der Waals surface area contributed by atoms with Crippen LogP contribution in [0.15, 0.2) is 42.5 Å². The summed E-state index contributed by atoms with van der Waals surface area (Å²) in [6, 6.07) is 12.1. The van der Waals surface area contributed by atoms with Gasteiger partial charge in [0.25, 0.3) is 0 Å². The Morgan fingerprint density at radius 2 is 1.83 bits per heavy atom. The predicted octanol–water partition coefficient (Wildman–Crippen LogP) is 5.32. The number of halogens is 1. The molecule has 0 aliphatic heterocycles. The van der Waals surface area contributed by atoms with Crippen LogP contribution >= 0.6 is 11.6 Å². The van der Waals surface area contributed by atoms with Crippen molar-refractivity contribution in [2.24, 2.45) is 5.92 Å². The molecule has 6 heteroatoms. The molecule has 0 saturated heterocycles. The molecule has 2 N–H and O–H groups in total. The van der Waals surface area contributed by atoms with Gasteiger partial charge in [-0.15, -0.1) is 0 Å². The number of hydrogen-bond acceptors (Lipinski definition) is 3. The zero-order valence-corrected chi connectivity index (χ0v) is 17.4. The molecule has 29 heavy (non-hydrogen) atoms. The molecule has 0 bridgehead atoms. The van der Waals surface area contributed by atoms with E-state index in [1.165, 1.54) is 6.07 Å². The van der Waals surface area contributed by atoms with E-state index in [-0.39, 0.29) is 17.3 Å². The monoisotopic (exact) mass is 413 g/mol. The Morgan fingerprint density at radius 3 is 2.41 bits per heavy atom. The van der Waals surface area contributed by atoms with Gasteiger partial charge in [0, 0.05) is 28.4 Å². The van der Waals surface area contributed by atoms with Crippen molar-refractivity contribution < 1.29 is 19.8 Å². The van der Waals surface area contributed by atoms with E-state index in [0.717, 1.165) is 5.56 Å². The molecule has 3 aromatic rings. The average molecular weight is 414 g/mol. The highest BCUT2D eigenvalue weighted by molar-refractivity contribution is 6.31. The van der Waals surface area contributed by atoms with Crippen molar-refractivity contribution in [3.05, 3.63) is 69.9 Å². The fourth-order valence-electron chi connectivity index (χ4n) is 3.56. The minimum Gasteiger partial charge on any atom is -0.478 e. The van der Waals surface area contributed by atoms with E-state index in [0.29, 0.717) is 40.1 Å². The number of benzene rings is 2. The number of fused-ring (bicyclic) bond motifs is 1. The van der Waals surface area contributed by atoms with E-state index in [4.69, 9.17) is 11.6 Å². The summed E-state index contributed by atoms with van der Waals surface area (Å²) >= 11 is 6.36. The van der Waals surface area contributed by atoms with Crippen LogP contribution in [-0.4, -0.2) is 26.5 Å². The number of aliphatic hydroxyl groups is 1. The van der Waals surface area contributed by atoms with Crippen molar-refractivity contribution >= 4 is 34.3 Å². The summed E-state index contributed by atoms with van der Waals surface area (Å²) in [5, 5.41) is 21.5. The van der Waals surface area contributed by atoms with Crippen LogP contribution in [0.1, 0.15) is 65.3 Å². The maximum atomic E-state index is 13.1. The van der Waals surface area contributed by atoms with Crippen LogP contribution in [0.4, 0.5) is 0 Å². The van der Waals surface area contributed by atoms with Gasteiger partial charge < -0.3 is 14.8 Å². The second-order valence-electron chi connectivity index (χ2n) is 7.42. The van der Waals surface area contributed by atoms with Crippen LogP contribution in [0, 0.1) is 5.92 Å². The molecule has 2 aromatic carbocycles. The first kappa shape index (κ1) is 21.1. The minimum atomic E-state index is -1.05. The van der Waals surface area contributed by atoms with Gasteiger partial charge in [-0.1, -0.05) is 56.6 Å². The van der Waals surface area contributed by atoms with E-state index in [2.05, 4.69) is 0 Å². The summed E-state index contributed by atoms with van der Waals surface area (Å²) in [6.45, 7) is 5.78. The topological polar surface area (TPSA) is 79.5 Å². The van der Waals surface area contributed by atoms with Gasteiger partial charge in [0.1, 0.15) is 0 Å². The lowest BCUT2D eigenvalue weighted by atomic mass is 9.95. The largest absolute Gasteiger partial charge is 0.478 e. The number of hydrogen-bond donors (Lipinski definition) is 2. The highest BCUT2D eigenvalue weighted by atomic mass is 35.5. The number of aliphatic hydroxyl groups excluding tert-OH is 1. The number of rotatable bonds is 7. The fraction of sp³-hybridized carbons (Fsp3) is 0.304. The summed E-state index contributed by atoms with van der Waals surface area (Å²) in [6.07, 6.45) is -0.445. The number of aromatic nitrogens is 1. The molecule has 1 atom stereocenters. The number of carboxylic acids is 1. The minimum absolute atomic E-state index is 0.0847. The fourth-order valence-corrected chi connectivity index (χ4v) is 3.75. The third kappa shape index (κ3) is 3.93. The second kappa shape index (κ2) is 8.39. The number of aromatic carboxylic acids is 1. The van der Waals surface area contributed by atoms with Crippen LogP contribution in [0.25, 0.3) is 10.9 Å². The van der Waals surface area contributed by atoms with Gasteiger partial charge in [-0.05, 0) is 30.2 Å². The van der Waals surface area contributed by atoms with E-state index in [9.17, 15) is 19.8 Å². The molecule has 0 aliphatic carbocycles. The molecule has 152 valence electrons. The Labute approximate surface area is 174 Å². The van der Waals surface area contributed by atoms with Crippen molar-refractivity contribution in [2.45, 2.75) is 39.8 Å². The van der Waals surface area contributed by atoms with Crippen molar-refractivity contribution in [3.63, 3.8) is 0 Å². The van der Waals surface area contributed by atoms with Gasteiger partial charge in [-0.3, -0.25) is 4.79 Å². The van der Waals surface area contributed by atoms with E-state index in [1.807, 2.05) is 43.5 Å². The van der Waals surface area contributed by atoms with Crippen molar-refractivity contribution in [1.82, 2.24) is 4.57 Å². The maximum absolute atomic E-state index is 13.1. The molecule has 0 radical (unpaired) electrons. The molecule has 0 aliphatic rings. The first-order chi connectivity index (χ1) is 13.8. The summed E-state index contributed by atoms with van der Waals surface area (Å²) < 4.78 is 1.83. The summed E-state index contributed by atoms with van der Waals surface area (Å²) in [5.74, 6) is -1.40. The number of carbonyl (C=O) groups is 2. The quantitative estimate of drug-likeness (QED) is 0.513. The molecule has 1 aromatic heterocycles. The Balaban J connectivity index is 2.38. The molecular formula is C23H24ClNO4. The molecule has 0 spiro atoms. The molecule has 0 amide bonds. The number of ketones is 1. The van der Waals surface area contributed by atoms with Crippen molar-refractivity contribution in [2.75, 3.05) is 0 Å². The van der Waals surface area contributed by atoms with Crippen molar-refractivity contribution in [3.8, 4) is 0 Å². The van der Waals surface area contributed by atoms with Gasteiger partial charge in [-0.25, -0.2) is 4.79 Å². The van der Waals surface area contributed by atoms with Crippen LogP contribution < -0.4 is 0 Å². The summed E-state index contributed by atoms with van der Waals surface area (Å²) in [5.41, 5.74) is 2.49. The number of carbonyl (C=O) groups excluding carboxylic acids is 1. The Kier molecular flexibility index (Phi) is 6.10. The third-order valence-corrected chi connectivity index (χ3v) is 5.48. The average Bonchev–Trinajstić information content (AvgIpc) is 3.01. The molecule has 3 rings (SSSR count). The van der Waals surface area contributed by atoms with Crippen LogP contribution in [0.5, 0.6) is 0 Å². The Morgan fingerprint density at radius 1 is 1.14 bits per heavy atom. The molecule has 1 heterocycles. The Hall–Kier alpha value is -2.63. The zero-order valence-electron chi connectivity index (χ0n) is 16.6. The number of carboxylic acid groups (broad SMARTS) is 1. The molecule has 1 unspecified atom stereocenters. The van der Waals surface area contributed by atoms with Gasteiger partial charge in [0.15, 0.2) is 5.78 Å². The lowest BCUT2D eigenvalue weighted by Gasteiger charge is -2.17. The van der Waals surface area contributed by atoms with E-state index in [1.54, 1.807) is 18.2 Å². The maximum Gasteiger partial charge on any atom is 0.335 e. The molecule has 5 nitrogen and oxygen atoms in total. The SMILES string of the molecule is CCC(O)c1c(C(=O)C(C)C)c2ccc(C(=O)O)cc2n1Cc1ccccc1Cl. The number of Topliss-reactive ketones (excluding diaryl/α,β-unsaturated/α-hetero) is 1. The van der Waals surface area contributed by atoms with Gasteiger partial charge in [0.2, 0.25) is 0 Å².